The number of fused-ring (bicyclic) bond motifs is 1. The Bertz CT molecular complexity index is 686. The summed E-state index contributed by atoms with van der Waals surface area (Å²) in [7, 11) is 3.02. The second kappa shape index (κ2) is 6.01. The second-order valence-corrected chi connectivity index (χ2v) is 5.04. The average Bonchev–Trinajstić information content (AvgIpc) is 2.60. The zero-order chi connectivity index (χ0) is 15.5. The summed E-state index contributed by atoms with van der Waals surface area (Å²) in [6, 6.07) is 9.51. The molecule has 0 unspecified atom stereocenters. The molecule has 1 aliphatic heterocycles. The molecule has 1 aliphatic rings. The molecule has 6 nitrogen and oxygen atoms in total. The van der Waals surface area contributed by atoms with E-state index in [2.05, 4.69) is 25.9 Å². The fourth-order valence-electron chi connectivity index (χ4n) is 2.67. The Morgan fingerprint density at radius 1 is 1.18 bits per heavy atom. The average molecular weight is 299 g/mol. The Hall–Kier alpha value is -2.63. The lowest BCUT2D eigenvalue weighted by Gasteiger charge is -2.30. The molecule has 0 atom stereocenters. The number of hydrogen-bond acceptors (Lipinski definition) is 6. The molecule has 6 heteroatoms. The lowest BCUT2D eigenvalue weighted by molar-refractivity contribution is 0.0592. The van der Waals surface area contributed by atoms with Crippen molar-refractivity contribution in [2.45, 2.75) is 13.0 Å². The topological polar surface area (TPSA) is 64.5 Å². The minimum atomic E-state index is -0.479. The van der Waals surface area contributed by atoms with Crippen LogP contribution in [0.2, 0.25) is 0 Å². The number of aromatic nitrogens is 2. The third kappa shape index (κ3) is 2.59. The van der Waals surface area contributed by atoms with Crippen LogP contribution in [-0.2, 0) is 17.7 Å². The van der Waals surface area contributed by atoms with Gasteiger partial charge in [-0.2, -0.15) is 0 Å². The molecule has 1 aromatic carbocycles. The number of carbonyl (C=O) groups is 1. The SMILES string of the molecule is COC(=O)c1ccc(N2CCc3c(cccc3OC)C2)nn1. The summed E-state index contributed by atoms with van der Waals surface area (Å²) in [4.78, 5) is 13.5. The fourth-order valence-corrected chi connectivity index (χ4v) is 2.67. The molecule has 2 heterocycles. The molecule has 0 N–H and O–H groups in total. The van der Waals surface area contributed by atoms with Crippen LogP contribution in [0.3, 0.4) is 0 Å². The van der Waals surface area contributed by atoms with Crippen LogP contribution in [0.1, 0.15) is 21.6 Å². The van der Waals surface area contributed by atoms with Gasteiger partial charge in [-0.3, -0.25) is 0 Å². The van der Waals surface area contributed by atoms with E-state index in [0.717, 1.165) is 31.1 Å². The Morgan fingerprint density at radius 2 is 2.05 bits per heavy atom. The van der Waals surface area contributed by atoms with Crippen LogP contribution >= 0.6 is 0 Å². The third-order valence-corrected chi connectivity index (χ3v) is 3.81. The van der Waals surface area contributed by atoms with Gasteiger partial charge in [0.25, 0.3) is 0 Å². The van der Waals surface area contributed by atoms with E-state index in [4.69, 9.17) is 4.74 Å². The first-order chi connectivity index (χ1) is 10.7. The predicted molar refractivity (Wildman–Crippen MR) is 81.1 cm³/mol. The Morgan fingerprint density at radius 3 is 2.73 bits per heavy atom. The third-order valence-electron chi connectivity index (χ3n) is 3.81. The normalized spacial score (nSPS) is 13.5. The summed E-state index contributed by atoms with van der Waals surface area (Å²) >= 11 is 0. The van der Waals surface area contributed by atoms with Crippen LogP contribution in [0.25, 0.3) is 0 Å². The van der Waals surface area contributed by atoms with Gasteiger partial charge in [0.15, 0.2) is 11.5 Å². The van der Waals surface area contributed by atoms with Crippen LogP contribution < -0.4 is 9.64 Å². The van der Waals surface area contributed by atoms with Crippen LogP contribution in [0.4, 0.5) is 5.82 Å². The maximum atomic E-state index is 11.4. The van der Waals surface area contributed by atoms with E-state index in [-0.39, 0.29) is 5.69 Å². The quantitative estimate of drug-likeness (QED) is 0.806. The van der Waals surface area contributed by atoms with Crippen LogP contribution in [0, 0.1) is 0 Å². The number of rotatable bonds is 3. The molecule has 3 rings (SSSR count). The van der Waals surface area contributed by atoms with Crippen molar-refractivity contribution in [2.24, 2.45) is 0 Å². The first-order valence-corrected chi connectivity index (χ1v) is 7.04. The largest absolute Gasteiger partial charge is 0.496 e. The number of carbonyl (C=O) groups excluding carboxylic acids is 1. The lowest BCUT2D eigenvalue weighted by Crippen LogP contribution is -2.31. The number of ether oxygens (including phenoxy) is 2. The number of esters is 1. The molecule has 0 radical (unpaired) electrons. The zero-order valence-electron chi connectivity index (χ0n) is 12.6. The number of benzene rings is 1. The van der Waals surface area contributed by atoms with Crippen molar-refractivity contribution in [1.29, 1.82) is 0 Å². The number of nitrogens with zero attached hydrogens (tertiary/aromatic N) is 3. The molecule has 0 saturated heterocycles. The molecule has 0 amide bonds. The van der Waals surface area contributed by atoms with Crippen LogP contribution in [-0.4, -0.2) is 36.9 Å². The minimum Gasteiger partial charge on any atom is -0.496 e. The molecule has 0 fully saturated rings. The molecule has 1 aromatic heterocycles. The summed E-state index contributed by atoms with van der Waals surface area (Å²) in [6.07, 6.45) is 0.889. The van der Waals surface area contributed by atoms with Gasteiger partial charge >= 0.3 is 5.97 Å². The minimum absolute atomic E-state index is 0.213. The van der Waals surface area contributed by atoms with E-state index < -0.39 is 5.97 Å². The van der Waals surface area contributed by atoms with Gasteiger partial charge in [0, 0.05) is 18.7 Å². The number of hydrogen-bond donors (Lipinski definition) is 0. The molecule has 0 spiro atoms. The maximum absolute atomic E-state index is 11.4. The van der Waals surface area contributed by atoms with Gasteiger partial charge in [0.05, 0.1) is 14.2 Å². The summed E-state index contributed by atoms with van der Waals surface area (Å²) in [5.74, 6) is 1.21. The highest BCUT2D eigenvalue weighted by Crippen LogP contribution is 2.29. The van der Waals surface area contributed by atoms with E-state index >= 15 is 0 Å². The molecular weight excluding hydrogens is 282 g/mol. The predicted octanol–water partition coefficient (Wildman–Crippen LogP) is 1.83. The van der Waals surface area contributed by atoms with Crippen molar-refractivity contribution in [1.82, 2.24) is 10.2 Å². The lowest BCUT2D eigenvalue weighted by atomic mass is 9.99. The van der Waals surface area contributed by atoms with Gasteiger partial charge < -0.3 is 14.4 Å². The van der Waals surface area contributed by atoms with E-state index in [1.807, 2.05) is 12.1 Å². The van der Waals surface area contributed by atoms with Crippen molar-refractivity contribution < 1.29 is 14.3 Å². The number of methoxy groups -OCH3 is 2. The summed E-state index contributed by atoms with van der Waals surface area (Å²) in [5.41, 5.74) is 2.69. The van der Waals surface area contributed by atoms with Gasteiger partial charge in [-0.1, -0.05) is 12.1 Å². The van der Waals surface area contributed by atoms with Crippen molar-refractivity contribution in [3.8, 4) is 5.75 Å². The van der Waals surface area contributed by atoms with Gasteiger partial charge in [0.2, 0.25) is 0 Å². The van der Waals surface area contributed by atoms with Gasteiger partial charge in [-0.05, 0) is 30.2 Å². The summed E-state index contributed by atoms with van der Waals surface area (Å²) in [5, 5.41) is 8.05. The maximum Gasteiger partial charge on any atom is 0.358 e. The van der Waals surface area contributed by atoms with Crippen molar-refractivity contribution in [3.63, 3.8) is 0 Å². The fraction of sp³-hybridized carbons (Fsp3) is 0.312. The van der Waals surface area contributed by atoms with Gasteiger partial charge in [-0.25, -0.2) is 4.79 Å². The molecule has 0 aliphatic carbocycles. The second-order valence-electron chi connectivity index (χ2n) is 5.04. The monoisotopic (exact) mass is 299 g/mol. The molecule has 0 bridgehead atoms. The van der Waals surface area contributed by atoms with E-state index in [0.29, 0.717) is 0 Å². The van der Waals surface area contributed by atoms with Crippen molar-refractivity contribution >= 4 is 11.8 Å². The summed E-state index contributed by atoms with van der Waals surface area (Å²) < 4.78 is 10.0. The van der Waals surface area contributed by atoms with Crippen LogP contribution in [0.15, 0.2) is 30.3 Å². The Labute approximate surface area is 128 Å². The van der Waals surface area contributed by atoms with Gasteiger partial charge in [0.1, 0.15) is 5.75 Å². The highest BCUT2D eigenvalue weighted by Gasteiger charge is 2.20. The van der Waals surface area contributed by atoms with Gasteiger partial charge in [-0.15, -0.1) is 10.2 Å². The van der Waals surface area contributed by atoms with E-state index in [1.165, 1.54) is 18.2 Å². The van der Waals surface area contributed by atoms with E-state index in [9.17, 15) is 4.79 Å². The van der Waals surface area contributed by atoms with Crippen molar-refractivity contribution in [2.75, 3.05) is 25.7 Å². The Balaban J connectivity index is 1.81. The standard InChI is InChI=1S/C16H17N3O3/c1-21-14-5-3-4-11-10-19(9-8-12(11)14)15-7-6-13(17-18-15)16(20)22-2/h3-7H,8-10H2,1-2H3. The molecule has 2 aromatic rings. The molecule has 114 valence electrons. The highest BCUT2D eigenvalue weighted by molar-refractivity contribution is 5.87. The highest BCUT2D eigenvalue weighted by atomic mass is 16.5. The smallest absolute Gasteiger partial charge is 0.358 e. The molecule has 0 saturated carbocycles. The Kier molecular flexibility index (Phi) is 3.91. The number of anilines is 1. The molecule has 22 heavy (non-hydrogen) atoms. The zero-order valence-corrected chi connectivity index (χ0v) is 12.6. The first kappa shape index (κ1) is 14.3. The molecular formula is C16H17N3O3. The van der Waals surface area contributed by atoms with E-state index in [1.54, 1.807) is 19.2 Å². The summed E-state index contributed by atoms with van der Waals surface area (Å²) in [6.45, 7) is 1.58. The van der Waals surface area contributed by atoms with Crippen LogP contribution in [0.5, 0.6) is 5.75 Å². The first-order valence-electron chi connectivity index (χ1n) is 7.04. The van der Waals surface area contributed by atoms with Crippen molar-refractivity contribution in [3.05, 3.63) is 47.2 Å².